The highest BCUT2D eigenvalue weighted by Crippen LogP contribution is 2.22. The fraction of sp³-hybridized carbons (Fsp3) is 1.00. The van der Waals surface area contributed by atoms with E-state index in [0.717, 1.165) is 11.8 Å². The Morgan fingerprint density at radius 2 is 1.92 bits per heavy atom. The van der Waals surface area contributed by atoms with Crippen LogP contribution in [0, 0.1) is 0 Å². The van der Waals surface area contributed by atoms with Crippen LogP contribution in [0.25, 0.3) is 0 Å². The van der Waals surface area contributed by atoms with Crippen molar-refractivity contribution in [1.29, 1.82) is 0 Å². The Hall–Kier alpha value is 0.0600. The van der Waals surface area contributed by atoms with Crippen molar-refractivity contribution in [1.82, 2.24) is 0 Å². The molecule has 0 amide bonds. The average Bonchev–Trinajstić information content (AvgIpc) is 1.96. The van der Waals surface area contributed by atoms with E-state index in [1.807, 2.05) is 0 Å². The SMILES string of the molecule is OCC(O)CSCCC(F)(F)F. The van der Waals surface area contributed by atoms with Gasteiger partial charge >= 0.3 is 6.18 Å². The Labute approximate surface area is 72.8 Å². The molecule has 2 nitrogen and oxygen atoms in total. The molecule has 74 valence electrons. The molecule has 12 heavy (non-hydrogen) atoms. The summed E-state index contributed by atoms with van der Waals surface area (Å²) in [6, 6.07) is 0. The maximum absolute atomic E-state index is 11.5. The van der Waals surface area contributed by atoms with Gasteiger partial charge in [-0.2, -0.15) is 24.9 Å². The van der Waals surface area contributed by atoms with Crippen LogP contribution in [-0.2, 0) is 0 Å². The van der Waals surface area contributed by atoms with Crippen molar-refractivity contribution in [3.63, 3.8) is 0 Å². The second-order valence-electron chi connectivity index (χ2n) is 2.28. The van der Waals surface area contributed by atoms with Gasteiger partial charge in [-0.25, -0.2) is 0 Å². The van der Waals surface area contributed by atoms with E-state index in [4.69, 9.17) is 10.2 Å². The third kappa shape index (κ3) is 8.16. The lowest BCUT2D eigenvalue weighted by Gasteiger charge is -2.07. The molecule has 0 saturated heterocycles. The molecule has 0 heterocycles. The number of thioether (sulfide) groups is 1. The van der Waals surface area contributed by atoms with Gasteiger partial charge in [0.2, 0.25) is 0 Å². The van der Waals surface area contributed by atoms with Gasteiger partial charge in [-0.05, 0) is 0 Å². The highest BCUT2D eigenvalue weighted by Gasteiger charge is 2.26. The van der Waals surface area contributed by atoms with Gasteiger partial charge < -0.3 is 10.2 Å². The molecule has 0 spiro atoms. The summed E-state index contributed by atoms with van der Waals surface area (Å²) in [4.78, 5) is 0. The van der Waals surface area contributed by atoms with Crippen LogP contribution in [0.15, 0.2) is 0 Å². The third-order valence-electron chi connectivity index (χ3n) is 1.05. The van der Waals surface area contributed by atoms with Crippen molar-refractivity contribution in [2.24, 2.45) is 0 Å². The molecule has 0 fully saturated rings. The first-order chi connectivity index (χ1) is 5.45. The lowest BCUT2D eigenvalue weighted by atomic mass is 10.4. The van der Waals surface area contributed by atoms with Crippen LogP contribution in [-0.4, -0.2) is 40.6 Å². The standard InChI is InChI=1S/C6H11F3O2S/c7-6(8,9)1-2-12-4-5(11)3-10/h5,10-11H,1-4H2. The zero-order valence-corrected chi connectivity index (χ0v) is 7.16. The normalized spacial score (nSPS) is 14.8. The summed E-state index contributed by atoms with van der Waals surface area (Å²) < 4.78 is 34.6. The summed E-state index contributed by atoms with van der Waals surface area (Å²) in [5.74, 6) is 0.0765. The number of rotatable bonds is 5. The number of hydrogen-bond donors (Lipinski definition) is 2. The smallest absolute Gasteiger partial charge is 0.389 e. The molecular weight excluding hydrogens is 193 g/mol. The molecule has 0 aliphatic heterocycles. The first kappa shape index (κ1) is 12.1. The van der Waals surface area contributed by atoms with Crippen molar-refractivity contribution in [3.8, 4) is 0 Å². The molecule has 2 N–H and O–H groups in total. The minimum Gasteiger partial charge on any atom is -0.394 e. The summed E-state index contributed by atoms with van der Waals surface area (Å²) >= 11 is 0.983. The Bertz CT molecular complexity index is 118. The number of hydrogen-bond acceptors (Lipinski definition) is 3. The van der Waals surface area contributed by atoms with E-state index in [1.165, 1.54) is 0 Å². The highest BCUT2D eigenvalue weighted by molar-refractivity contribution is 7.99. The van der Waals surface area contributed by atoms with Gasteiger partial charge in [-0.3, -0.25) is 0 Å². The molecule has 6 heteroatoms. The summed E-state index contributed by atoms with van der Waals surface area (Å²) in [6.45, 7) is -0.404. The minimum absolute atomic E-state index is 0.0689. The number of alkyl halides is 3. The predicted octanol–water partition coefficient (Wildman–Crippen LogP) is 1.03. The molecule has 0 saturated carbocycles. The highest BCUT2D eigenvalue weighted by atomic mass is 32.2. The topological polar surface area (TPSA) is 40.5 Å². The Morgan fingerprint density at radius 1 is 1.33 bits per heavy atom. The zero-order chi connectivity index (χ0) is 9.61. The Balaban J connectivity index is 3.22. The van der Waals surface area contributed by atoms with Crippen LogP contribution in [0.1, 0.15) is 6.42 Å². The second-order valence-corrected chi connectivity index (χ2v) is 3.43. The molecule has 0 bridgehead atoms. The molecule has 0 rings (SSSR count). The van der Waals surface area contributed by atoms with E-state index < -0.39 is 25.3 Å². The minimum atomic E-state index is -4.13. The number of halogens is 3. The first-order valence-corrected chi connectivity index (χ1v) is 4.54. The molecule has 0 aromatic rings. The van der Waals surface area contributed by atoms with Crippen LogP contribution in [0.2, 0.25) is 0 Å². The van der Waals surface area contributed by atoms with Gasteiger partial charge in [0.05, 0.1) is 19.1 Å². The maximum Gasteiger partial charge on any atom is 0.389 e. The fourth-order valence-electron chi connectivity index (χ4n) is 0.460. The van der Waals surface area contributed by atoms with E-state index >= 15 is 0 Å². The monoisotopic (exact) mass is 204 g/mol. The van der Waals surface area contributed by atoms with E-state index in [2.05, 4.69) is 0 Å². The molecule has 0 aromatic heterocycles. The lowest BCUT2D eigenvalue weighted by Crippen LogP contribution is -2.16. The molecule has 0 radical (unpaired) electrons. The van der Waals surface area contributed by atoms with Crippen molar-refractivity contribution in [2.45, 2.75) is 18.7 Å². The van der Waals surface area contributed by atoms with E-state index in [1.54, 1.807) is 0 Å². The van der Waals surface area contributed by atoms with Crippen LogP contribution >= 0.6 is 11.8 Å². The van der Waals surface area contributed by atoms with Gasteiger partial charge in [-0.1, -0.05) is 0 Å². The zero-order valence-electron chi connectivity index (χ0n) is 6.34. The molecule has 0 aromatic carbocycles. The van der Waals surface area contributed by atoms with Crippen molar-refractivity contribution < 1.29 is 23.4 Å². The molecular formula is C6H11F3O2S. The Kier molecular flexibility index (Phi) is 5.69. The largest absolute Gasteiger partial charge is 0.394 e. The van der Waals surface area contributed by atoms with Crippen molar-refractivity contribution in [3.05, 3.63) is 0 Å². The fourth-order valence-corrected chi connectivity index (χ4v) is 1.38. The first-order valence-electron chi connectivity index (χ1n) is 3.39. The maximum atomic E-state index is 11.5. The number of aliphatic hydroxyl groups excluding tert-OH is 2. The van der Waals surface area contributed by atoms with E-state index in [9.17, 15) is 13.2 Å². The predicted molar refractivity (Wildman–Crippen MR) is 41.1 cm³/mol. The number of aliphatic hydroxyl groups is 2. The van der Waals surface area contributed by atoms with Gasteiger partial charge in [0.15, 0.2) is 0 Å². The molecule has 1 atom stereocenters. The molecule has 0 aliphatic rings. The van der Waals surface area contributed by atoms with Crippen LogP contribution in [0.3, 0.4) is 0 Å². The van der Waals surface area contributed by atoms with Gasteiger partial charge in [0.1, 0.15) is 0 Å². The van der Waals surface area contributed by atoms with Crippen LogP contribution < -0.4 is 0 Å². The van der Waals surface area contributed by atoms with E-state index in [0.29, 0.717) is 0 Å². The van der Waals surface area contributed by atoms with Crippen LogP contribution in [0.5, 0.6) is 0 Å². The third-order valence-corrected chi connectivity index (χ3v) is 2.16. The van der Waals surface area contributed by atoms with Crippen molar-refractivity contribution >= 4 is 11.8 Å². The average molecular weight is 204 g/mol. The Morgan fingerprint density at radius 3 is 2.33 bits per heavy atom. The van der Waals surface area contributed by atoms with E-state index in [-0.39, 0.29) is 11.5 Å². The van der Waals surface area contributed by atoms with Crippen LogP contribution in [0.4, 0.5) is 13.2 Å². The van der Waals surface area contributed by atoms with Gasteiger partial charge in [-0.15, -0.1) is 0 Å². The summed E-state index contributed by atoms with van der Waals surface area (Å²) in [5.41, 5.74) is 0. The lowest BCUT2D eigenvalue weighted by molar-refractivity contribution is -0.129. The van der Waals surface area contributed by atoms with Gasteiger partial charge in [0, 0.05) is 11.5 Å². The molecule has 1 unspecified atom stereocenters. The van der Waals surface area contributed by atoms with Crippen molar-refractivity contribution in [2.75, 3.05) is 18.1 Å². The summed E-state index contributed by atoms with van der Waals surface area (Å²) in [5, 5.41) is 17.0. The summed E-state index contributed by atoms with van der Waals surface area (Å²) in [6.07, 6.45) is -5.89. The second kappa shape index (κ2) is 5.66. The quantitative estimate of drug-likeness (QED) is 0.657. The molecule has 0 aliphatic carbocycles. The summed E-state index contributed by atoms with van der Waals surface area (Å²) in [7, 11) is 0. The van der Waals surface area contributed by atoms with Gasteiger partial charge in [0.25, 0.3) is 0 Å².